The van der Waals surface area contributed by atoms with Crippen molar-refractivity contribution in [2.75, 3.05) is 13.2 Å². The number of hydrogen-bond acceptors (Lipinski definition) is 3. The molecule has 3 heteroatoms. The first-order chi connectivity index (χ1) is 11.3. The molecule has 0 N–H and O–H groups in total. The normalized spacial score (nSPS) is 10.9. The monoisotopic (exact) mass is 318 g/mol. The summed E-state index contributed by atoms with van der Waals surface area (Å²) < 4.78 is 10.6. The van der Waals surface area contributed by atoms with Gasteiger partial charge in [0, 0.05) is 0 Å². The molecule has 0 aliphatic carbocycles. The van der Waals surface area contributed by atoms with E-state index < -0.39 is 0 Å². The maximum atomic E-state index is 11.5. The fourth-order valence-electron chi connectivity index (χ4n) is 2.22. The zero-order chi connectivity index (χ0) is 16.8. The Labute approximate surface area is 140 Å². The highest BCUT2D eigenvalue weighted by atomic mass is 16.5. The molecule has 0 heterocycles. The Morgan fingerprint density at radius 2 is 1.65 bits per heavy atom. The predicted octanol–water partition coefficient (Wildman–Crippen LogP) is 5.55. The van der Waals surface area contributed by atoms with E-state index in [1.165, 1.54) is 32.1 Å². The molecular weight excluding hydrogens is 288 g/mol. The third kappa shape index (κ3) is 9.07. The van der Waals surface area contributed by atoms with Gasteiger partial charge < -0.3 is 9.47 Å². The number of carbonyl (C=O) groups excluding carboxylic acids is 1. The van der Waals surface area contributed by atoms with Gasteiger partial charge in [-0.2, -0.15) is 0 Å². The van der Waals surface area contributed by atoms with Crippen LogP contribution < -0.4 is 4.74 Å². The molecule has 0 aliphatic heterocycles. The first kappa shape index (κ1) is 19.3. The summed E-state index contributed by atoms with van der Waals surface area (Å²) in [6.45, 7) is 5.12. The summed E-state index contributed by atoms with van der Waals surface area (Å²) >= 11 is 0. The van der Waals surface area contributed by atoms with Crippen molar-refractivity contribution in [1.82, 2.24) is 0 Å². The van der Waals surface area contributed by atoms with Gasteiger partial charge in [-0.05, 0) is 56.9 Å². The van der Waals surface area contributed by atoms with E-state index in [1.807, 2.05) is 12.1 Å². The first-order valence-electron chi connectivity index (χ1n) is 8.83. The Bertz CT molecular complexity index is 448. The molecule has 0 aromatic heterocycles. The molecule has 0 saturated carbocycles. The quantitative estimate of drug-likeness (QED) is 0.288. The fourth-order valence-corrected chi connectivity index (χ4v) is 2.22. The van der Waals surface area contributed by atoms with Crippen molar-refractivity contribution in [3.8, 4) is 5.75 Å². The lowest BCUT2D eigenvalue weighted by atomic mass is 10.1. The second-order valence-electron chi connectivity index (χ2n) is 5.56. The summed E-state index contributed by atoms with van der Waals surface area (Å²) in [6, 6.07) is 7.11. The van der Waals surface area contributed by atoms with E-state index in [2.05, 4.69) is 19.1 Å². The van der Waals surface area contributed by atoms with Crippen molar-refractivity contribution in [1.29, 1.82) is 0 Å². The number of ether oxygens (including phenoxy) is 2. The van der Waals surface area contributed by atoms with Crippen LogP contribution in [0.2, 0.25) is 0 Å². The van der Waals surface area contributed by atoms with E-state index in [0.717, 1.165) is 18.6 Å². The predicted molar refractivity (Wildman–Crippen MR) is 95.0 cm³/mol. The molecule has 0 unspecified atom stereocenters. The van der Waals surface area contributed by atoms with E-state index in [-0.39, 0.29) is 5.97 Å². The third-order valence-corrected chi connectivity index (χ3v) is 3.54. The molecule has 1 aromatic rings. The van der Waals surface area contributed by atoms with Gasteiger partial charge in [0.05, 0.1) is 18.8 Å². The summed E-state index contributed by atoms with van der Waals surface area (Å²) in [7, 11) is 0. The van der Waals surface area contributed by atoms with Crippen LogP contribution in [0, 0.1) is 0 Å². The number of esters is 1. The number of allylic oxidation sites excluding steroid dienone is 2. The lowest BCUT2D eigenvalue weighted by Gasteiger charge is -2.06. The molecule has 0 atom stereocenters. The average molecular weight is 318 g/mol. The van der Waals surface area contributed by atoms with Gasteiger partial charge in [0.2, 0.25) is 0 Å². The smallest absolute Gasteiger partial charge is 0.338 e. The van der Waals surface area contributed by atoms with Gasteiger partial charge in [0.15, 0.2) is 0 Å². The average Bonchev–Trinajstić information content (AvgIpc) is 2.57. The summed E-state index contributed by atoms with van der Waals surface area (Å²) in [5, 5.41) is 0. The van der Waals surface area contributed by atoms with E-state index in [4.69, 9.17) is 9.47 Å². The van der Waals surface area contributed by atoms with Crippen LogP contribution in [0.15, 0.2) is 36.4 Å². The van der Waals surface area contributed by atoms with Crippen LogP contribution in [0.3, 0.4) is 0 Å². The van der Waals surface area contributed by atoms with E-state index in [0.29, 0.717) is 18.8 Å². The molecule has 128 valence electrons. The van der Waals surface area contributed by atoms with Gasteiger partial charge in [-0.3, -0.25) is 0 Å². The summed E-state index contributed by atoms with van der Waals surface area (Å²) in [4.78, 5) is 11.5. The van der Waals surface area contributed by atoms with Crippen molar-refractivity contribution in [3.63, 3.8) is 0 Å². The molecule has 0 bridgehead atoms. The molecule has 1 rings (SSSR count). The lowest BCUT2D eigenvalue weighted by Crippen LogP contribution is -2.04. The highest BCUT2D eigenvalue weighted by Gasteiger charge is 2.05. The van der Waals surface area contributed by atoms with Gasteiger partial charge in [-0.15, -0.1) is 0 Å². The summed E-state index contributed by atoms with van der Waals surface area (Å²) in [5.74, 6) is 0.504. The van der Waals surface area contributed by atoms with Crippen LogP contribution in [0.1, 0.15) is 69.2 Å². The number of benzene rings is 1. The number of carbonyl (C=O) groups is 1. The van der Waals surface area contributed by atoms with E-state index >= 15 is 0 Å². The van der Waals surface area contributed by atoms with Crippen molar-refractivity contribution < 1.29 is 14.3 Å². The minimum Gasteiger partial charge on any atom is -0.494 e. The minimum absolute atomic E-state index is 0.289. The van der Waals surface area contributed by atoms with Gasteiger partial charge in [-0.25, -0.2) is 4.79 Å². The Hall–Kier alpha value is -1.77. The van der Waals surface area contributed by atoms with Crippen molar-refractivity contribution in [2.45, 2.75) is 58.8 Å². The summed E-state index contributed by atoms with van der Waals surface area (Å²) in [6.07, 6.45) is 13.1. The van der Waals surface area contributed by atoms with Gasteiger partial charge >= 0.3 is 5.97 Å². The molecule has 1 aromatic carbocycles. The molecule has 0 spiro atoms. The zero-order valence-electron chi connectivity index (χ0n) is 14.6. The second kappa shape index (κ2) is 12.7. The molecule has 0 amide bonds. The molecule has 0 saturated heterocycles. The highest BCUT2D eigenvalue weighted by molar-refractivity contribution is 5.89. The van der Waals surface area contributed by atoms with Gasteiger partial charge in [-0.1, -0.05) is 38.3 Å². The molecular formula is C20H30O3. The lowest BCUT2D eigenvalue weighted by molar-refractivity contribution is 0.0526. The molecule has 0 aliphatic rings. The molecule has 3 nitrogen and oxygen atoms in total. The zero-order valence-corrected chi connectivity index (χ0v) is 14.6. The van der Waals surface area contributed by atoms with E-state index in [1.54, 1.807) is 19.1 Å². The molecule has 23 heavy (non-hydrogen) atoms. The standard InChI is InChI=1S/C20H30O3/c1-3-5-6-7-8-9-10-11-12-17-23-19-15-13-18(14-16-19)20(21)22-4-2/h9-10,13-16H,3-8,11-12,17H2,1-2H3/b10-9+. The summed E-state index contributed by atoms with van der Waals surface area (Å²) in [5.41, 5.74) is 0.560. The van der Waals surface area contributed by atoms with Crippen LogP contribution in [-0.2, 0) is 4.74 Å². The Kier molecular flexibility index (Phi) is 10.7. The van der Waals surface area contributed by atoms with Crippen LogP contribution in [0.5, 0.6) is 5.75 Å². The fraction of sp³-hybridized carbons (Fsp3) is 0.550. The SMILES string of the molecule is CCCCCC/C=C/CCCOc1ccc(C(=O)OCC)cc1. The highest BCUT2D eigenvalue weighted by Crippen LogP contribution is 2.13. The topological polar surface area (TPSA) is 35.5 Å². The largest absolute Gasteiger partial charge is 0.494 e. The van der Waals surface area contributed by atoms with E-state index in [9.17, 15) is 4.79 Å². The van der Waals surface area contributed by atoms with Crippen LogP contribution in [0.4, 0.5) is 0 Å². The van der Waals surface area contributed by atoms with Crippen molar-refractivity contribution in [3.05, 3.63) is 42.0 Å². The minimum atomic E-state index is -0.289. The van der Waals surface area contributed by atoms with Gasteiger partial charge in [0.25, 0.3) is 0 Å². The Morgan fingerprint density at radius 1 is 0.957 bits per heavy atom. The Balaban J connectivity index is 2.11. The maximum Gasteiger partial charge on any atom is 0.338 e. The number of hydrogen-bond donors (Lipinski definition) is 0. The third-order valence-electron chi connectivity index (χ3n) is 3.54. The maximum absolute atomic E-state index is 11.5. The van der Waals surface area contributed by atoms with Crippen molar-refractivity contribution in [2.24, 2.45) is 0 Å². The van der Waals surface area contributed by atoms with Crippen molar-refractivity contribution >= 4 is 5.97 Å². The Morgan fingerprint density at radius 3 is 2.30 bits per heavy atom. The van der Waals surface area contributed by atoms with Crippen LogP contribution in [-0.4, -0.2) is 19.2 Å². The number of unbranched alkanes of at least 4 members (excludes halogenated alkanes) is 5. The molecule has 0 radical (unpaired) electrons. The van der Waals surface area contributed by atoms with Crippen LogP contribution >= 0.6 is 0 Å². The van der Waals surface area contributed by atoms with Crippen LogP contribution in [0.25, 0.3) is 0 Å². The first-order valence-corrected chi connectivity index (χ1v) is 8.83. The number of rotatable bonds is 12. The molecule has 0 fully saturated rings. The van der Waals surface area contributed by atoms with Gasteiger partial charge in [0.1, 0.15) is 5.75 Å². The second-order valence-corrected chi connectivity index (χ2v) is 5.56.